The minimum Gasteiger partial charge on any atom is -0.497 e. The highest BCUT2D eigenvalue weighted by Crippen LogP contribution is 2.62. The minimum absolute atomic E-state index is 0.0383. The van der Waals surface area contributed by atoms with Crippen LogP contribution in [0.4, 0.5) is 5.69 Å². The lowest BCUT2D eigenvalue weighted by atomic mass is 9.71. The molecule has 2 heterocycles. The summed E-state index contributed by atoms with van der Waals surface area (Å²) in [5, 5.41) is 4.40. The number of aryl methyl sites for hydroxylation is 1. The maximum absolute atomic E-state index is 13.4. The predicted molar refractivity (Wildman–Crippen MR) is 110 cm³/mol. The van der Waals surface area contributed by atoms with Crippen LogP contribution in [0.2, 0.25) is 0 Å². The van der Waals surface area contributed by atoms with Crippen molar-refractivity contribution < 1.29 is 19.2 Å². The van der Waals surface area contributed by atoms with Crippen LogP contribution in [0.5, 0.6) is 5.75 Å². The summed E-state index contributed by atoms with van der Waals surface area (Å²) in [6.07, 6.45) is 0.740. The molecule has 1 saturated heterocycles. The molecule has 0 radical (unpaired) electrons. The molecule has 6 atom stereocenters. The Morgan fingerprint density at radius 2 is 1.60 bits per heavy atom. The number of ether oxygens (including phenoxy) is 1. The normalized spacial score (nSPS) is 33.4. The van der Waals surface area contributed by atoms with Gasteiger partial charge in [0.05, 0.1) is 30.3 Å². The van der Waals surface area contributed by atoms with E-state index in [2.05, 4.69) is 36.3 Å². The van der Waals surface area contributed by atoms with E-state index in [1.807, 2.05) is 0 Å². The van der Waals surface area contributed by atoms with E-state index in [1.165, 1.54) is 10.5 Å². The maximum atomic E-state index is 13.4. The highest BCUT2D eigenvalue weighted by Gasteiger charge is 2.70. The van der Waals surface area contributed by atoms with Crippen molar-refractivity contribution in [3.05, 3.63) is 59.7 Å². The quantitative estimate of drug-likeness (QED) is 0.740. The maximum Gasteiger partial charge on any atom is 0.238 e. The van der Waals surface area contributed by atoms with Crippen molar-refractivity contribution in [3.63, 3.8) is 0 Å². The number of hydrogen-bond donors (Lipinski definition) is 0. The topological polar surface area (TPSA) is 68.2 Å². The van der Waals surface area contributed by atoms with Gasteiger partial charge in [-0.3, -0.25) is 14.5 Å². The second-order valence-electron chi connectivity index (χ2n) is 8.76. The van der Waals surface area contributed by atoms with Gasteiger partial charge in [0.2, 0.25) is 11.8 Å². The van der Waals surface area contributed by atoms with E-state index >= 15 is 0 Å². The van der Waals surface area contributed by atoms with Crippen LogP contribution in [0.1, 0.15) is 17.5 Å². The van der Waals surface area contributed by atoms with Crippen LogP contribution in [0.25, 0.3) is 0 Å². The van der Waals surface area contributed by atoms with E-state index in [-0.39, 0.29) is 47.5 Å². The summed E-state index contributed by atoms with van der Waals surface area (Å²) >= 11 is 0. The van der Waals surface area contributed by atoms with Crippen LogP contribution in [-0.4, -0.2) is 30.7 Å². The van der Waals surface area contributed by atoms with Crippen LogP contribution in [0.3, 0.4) is 0 Å². The molecule has 0 spiro atoms. The summed E-state index contributed by atoms with van der Waals surface area (Å²) in [5.74, 6) is 0.113. The first-order chi connectivity index (χ1) is 14.6. The summed E-state index contributed by atoms with van der Waals surface area (Å²) in [4.78, 5) is 33.9. The van der Waals surface area contributed by atoms with E-state index in [0.717, 1.165) is 17.7 Å². The van der Waals surface area contributed by atoms with Crippen LogP contribution < -0.4 is 9.64 Å². The van der Waals surface area contributed by atoms with Crippen molar-refractivity contribution in [2.24, 2.45) is 34.7 Å². The third-order valence-electron chi connectivity index (χ3n) is 7.37. The number of anilines is 1. The van der Waals surface area contributed by atoms with Gasteiger partial charge in [0.1, 0.15) is 11.9 Å². The monoisotopic (exact) mass is 402 g/mol. The van der Waals surface area contributed by atoms with Gasteiger partial charge in [-0.2, -0.15) is 0 Å². The summed E-state index contributed by atoms with van der Waals surface area (Å²) in [6, 6.07) is 15.4. The van der Waals surface area contributed by atoms with Gasteiger partial charge in [-0.25, -0.2) is 0 Å². The number of carbonyl (C=O) groups excluding carboxylic acids is 2. The highest BCUT2D eigenvalue weighted by molar-refractivity contribution is 6.23. The van der Waals surface area contributed by atoms with Gasteiger partial charge in [0.15, 0.2) is 0 Å². The lowest BCUT2D eigenvalue weighted by molar-refractivity contribution is -0.125. The molecule has 2 aliphatic carbocycles. The molecule has 152 valence electrons. The minimum atomic E-state index is -0.307. The molecule has 4 aliphatic rings. The summed E-state index contributed by atoms with van der Waals surface area (Å²) in [6.45, 7) is 2.05. The summed E-state index contributed by atoms with van der Waals surface area (Å²) in [7, 11) is 1.59. The van der Waals surface area contributed by atoms with E-state index in [1.54, 1.807) is 31.4 Å². The molecule has 2 aliphatic heterocycles. The van der Waals surface area contributed by atoms with Crippen molar-refractivity contribution in [1.82, 2.24) is 0 Å². The fourth-order valence-electron chi connectivity index (χ4n) is 6.07. The first-order valence-corrected chi connectivity index (χ1v) is 10.4. The number of amides is 2. The molecule has 0 N–H and O–H groups in total. The van der Waals surface area contributed by atoms with Crippen LogP contribution in [-0.2, 0) is 14.4 Å². The van der Waals surface area contributed by atoms with Gasteiger partial charge in [0.25, 0.3) is 0 Å². The lowest BCUT2D eigenvalue weighted by Crippen LogP contribution is -2.41. The van der Waals surface area contributed by atoms with Gasteiger partial charge >= 0.3 is 0 Å². The van der Waals surface area contributed by atoms with Crippen molar-refractivity contribution >= 4 is 23.2 Å². The van der Waals surface area contributed by atoms with Gasteiger partial charge in [-0.15, -0.1) is 0 Å². The zero-order chi connectivity index (χ0) is 20.6. The number of benzene rings is 2. The second-order valence-corrected chi connectivity index (χ2v) is 8.76. The molecule has 30 heavy (non-hydrogen) atoms. The summed E-state index contributed by atoms with van der Waals surface area (Å²) in [5.41, 5.74) is 3.77. The molecular formula is C24H22N2O4. The lowest BCUT2D eigenvalue weighted by Gasteiger charge is -2.29. The molecule has 2 aromatic carbocycles. The Hall–Kier alpha value is -3.15. The number of methoxy groups -OCH3 is 1. The Kier molecular flexibility index (Phi) is 3.64. The van der Waals surface area contributed by atoms with E-state index in [4.69, 9.17) is 9.57 Å². The fourth-order valence-corrected chi connectivity index (χ4v) is 6.07. The smallest absolute Gasteiger partial charge is 0.238 e. The SMILES string of the molecule is COc1ccc(N2C(=O)[C@@H]3[C@H]4C[C@@H]([C@H]5ON=C(c6ccc(C)cc6)[C@@H]45)[C@H]3C2=O)cc1. The van der Waals surface area contributed by atoms with E-state index in [9.17, 15) is 9.59 Å². The molecule has 2 saturated carbocycles. The Morgan fingerprint density at radius 1 is 0.933 bits per heavy atom. The zero-order valence-corrected chi connectivity index (χ0v) is 16.8. The average Bonchev–Trinajstić information content (AvgIpc) is 3.49. The largest absolute Gasteiger partial charge is 0.497 e. The van der Waals surface area contributed by atoms with E-state index in [0.29, 0.717) is 11.4 Å². The number of imide groups is 1. The molecule has 0 unspecified atom stereocenters. The van der Waals surface area contributed by atoms with Gasteiger partial charge in [-0.05, 0) is 49.1 Å². The van der Waals surface area contributed by atoms with Crippen molar-refractivity contribution in [1.29, 1.82) is 0 Å². The molecule has 3 fully saturated rings. The number of nitrogens with zero attached hydrogens (tertiary/aromatic N) is 2. The standard InChI is InChI=1S/C24H22N2O4/c1-12-3-5-13(6-4-12)21-20-16-11-17(22(20)30-25-21)19-18(16)23(27)26(24(19)28)14-7-9-15(29-2)10-8-14/h3-10,16-20,22H,11H2,1-2H3/t16-,17-,18-,19-,20-,22-/m1/s1. The third kappa shape index (κ3) is 2.22. The molecule has 2 bridgehead atoms. The molecule has 0 aromatic heterocycles. The van der Waals surface area contributed by atoms with Crippen molar-refractivity contribution in [2.75, 3.05) is 12.0 Å². The van der Waals surface area contributed by atoms with Crippen molar-refractivity contribution in [3.8, 4) is 5.75 Å². The first kappa shape index (κ1) is 17.7. The van der Waals surface area contributed by atoms with Gasteiger partial charge in [0, 0.05) is 11.8 Å². The Labute approximate surface area is 174 Å². The van der Waals surface area contributed by atoms with Crippen molar-refractivity contribution in [2.45, 2.75) is 19.4 Å². The zero-order valence-electron chi connectivity index (χ0n) is 16.8. The van der Waals surface area contributed by atoms with Gasteiger partial charge in [-0.1, -0.05) is 35.0 Å². The van der Waals surface area contributed by atoms with Crippen LogP contribution in [0.15, 0.2) is 53.7 Å². The Balaban J connectivity index is 1.33. The average molecular weight is 402 g/mol. The molecule has 6 nitrogen and oxygen atoms in total. The fraction of sp³-hybridized carbons (Fsp3) is 0.375. The third-order valence-corrected chi connectivity index (χ3v) is 7.37. The number of carbonyl (C=O) groups is 2. The highest BCUT2D eigenvalue weighted by atomic mass is 16.6. The number of rotatable bonds is 3. The molecule has 2 amide bonds. The van der Waals surface area contributed by atoms with Crippen LogP contribution in [0, 0.1) is 36.5 Å². The Morgan fingerprint density at radius 3 is 2.27 bits per heavy atom. The number of fused-ring (bicyclic) bond motifs is 8. The van der Waals surface area contributed by atoms with Crippen LogP contribution >= 0.6 is 0 Å². The Bertz CT molecular complexity index is 1080. The van der Waals surface area contributed by atoms with Gasteiger partial charge < -0.3 is 9.57 Å². The predicted octanol–water partition coefficient (Wildman–Crippen LogP) is 3.18. The number of oxime groups is 1. The van der Waals surface area contributed by atoms with E-state index < -0.39 is 0 Å². The summed E-state index contributed by atoms with van der Waals surface area (Å²) < 4.78 is 5.20. The second kappa shape index (κ2) is 6.17. The molecule has 6 heteroatoms. The molecule has 2 aromatic rings. The molecule has 6 rings (SSSR count). The first-order valence-electron chi connectivity index (χ1n) is 10.4. The molecular weight excluding hydrogens is 380 g/mol. The number of hydrogen-bond acceptors (Lipinski definition) is 5.